The Morgan fingerprint density at radius 2 is 2.50 bits per heavy atom. The molecule has 0 radical (unpaired) electrons. The summed E-state index contributed by atoms with van der Waals surface area (Å²) in [6, 6.07) is 1.73. The van der Waals surface area contributed by atoms with Gasteiger partial charge in [0.25, 0.3) is 0 Å². The average Bonchev–Trinajstić information content (AvgIpc) is 2.19. The summed E-state index contributed by atoms with van der Waals surface area (Å²) >= 11 is 0. The molecule has 0 saturated carbocycles. The molecule has 4 heteroatoms. The van der Waals surface area contributed by atoms with Gasteiger partial charge in [0.15, 0.2) is 5.78 Å². The maximum atomic E-state index is 11.6. The number of hydrogen-bond donors (Lipinski definition) is 1. The third-order valence-electron chi connectivity index (χ3n) is 2.14. The van der Waals surface area contributed by atoms with Crippen LogP contribution in [0.1, 0.15) is 23.7 Å². The molecule has 0 unspecified atom stereocenters. The molecule has 0 bridgehead atoms. The summed E-state index contributed by atoms with van der Waals surface area (Å²) in [6.45, 7) is 3.12. The van der Waals surface area contributed by atoms with Gasteiger partial charge in [-0.05, 0) is 13.0 Å². The summed E-state index contributed by atoms with van der Waals surface area (Å²) in [5, 5.41) is 3.08. The van der Waals surface area contributed by atoms with Crippen LogP contribution in [-0.2, 0) is 0 Å². The molecule has 0 saturated heterocycles. The van der Waals surface area contributed by atoms with Crippen LogP contribution in [0.5, 0.6) is 5.75 Å². The molecule has 74 valence electrons. The molecule has 0 fully saturated rings. The van der Waals surface area contributed by atoms with E-state index < -0.39 is 0 Å². The summed E-state index contributed by atoms with van der Waals surface area (Å²) < 4.78 is 5.37. The molecule has 1 aliphatic heterocycles. The van der Waals surface area contributed by atoms with Gasteiger partial charge in [-0.15, -0.1) is 0 Å². The molecule has 4 nitrogen and oxygen atoms in total. The minimum Gasteiger partial charge on any atom is -0.493 e. The van der Waals surface area contributed by atoms with E-state index in [4.69, 9.17) is 4.74 Å². The molecule has 0 amide bonds. The SMILES string of the molecule is CCOc1ccnc2c1C(=O)CCN2. The van der Waals surface area contributed by atoms with Crippen LogP contribution < -0.4 is 10.1 Å². The number of nitrogens with zero attached hydrogens (tertiary/aromatic N) is 1. The number of carbonyl (C=O) groups excluding carboxylic acids is 1. The Kier molecular flexibility index (Phi) is 2.35. The average molecular weight is 192 g/mol. The van der Waals surface area contributed by atoms with Gasteiger partial charge in [0, 0.05) is 19.2 Å². The molecular formula is C10H12N2O2. The number of nitrogens with one attached hydrogen (secondary N) is 1. The van der Waals surface area contributed by atoms with E-state index in [-0.39, 0.29) is 5.78 Å². The first kappa shape index (κ1) is 8.99. The van der Waals surface area contributed by atoms with Crippen LogP contribution in [0, 0.1) is 0 Å². The van der Waals surface area contributed by atoms with Gasteiger partial charge in [-0.3, -0.25) is 4.79 Å². The maximum Gasteiger partial charge on any atom is 0.172 e. The largest absolute Gasteiger partial charge is 0.493 e. The van der Waals surface area contributed by atoms with Crippen LogP contribution in [0.25, 0.3) is 0 Å². The predicted molar refractivity (Wildman–Crippen MR) is 52.8 cm³/mol. The maximum absolute atomic E-state index is 11.6. The number of ether oxygens (including phenoxy) is 1. The smallest absolute Gasteiger partial charge is 0.172 e. The fraction of sp³-hybridized carbons (Fsp3) is 0.400. The molecule has 1 N–H and O–H groups in total. The zero-order valence-electron chi connectivity index (χ0n) is 8.04. The summed E-state index contributed by atoms with van der Waals surface area (Å²) in [5.41, 5.74) is 0.598. The van der Waals surface area contributed by atoms with Crippen LogP contribution in [0.3, 0.4) is 0 Å². The normalized spacial score (nSPS) is 14.5. The van der Waals surface area contributed by atoms with E-state index in [0.29, 0.717) is 36.7 Å². The lowest BCUT2D eigenvalue weighted by molar-refractivity contribution is 0.0979. The fourth-order valence-electron chi connectivity index (χ4n) is 1.54. The molecule has 2 rings (SSSR count). The number of anilines is 1. The first-order valence-corrected chi connectivity index (χ1v) is 4.71. The Morgan fingerprint density at radius 3 is 3.29 bits per heavy atom. The van der Waals surface area contributed by atoms with Crippen LogP contribution >= 0.6 is 0 Å². The lowest BCUT2D eigenvalue weighted by Crippen LogP contribution is -2.20. The van der Waals surface area contributed by atoms with Gasteiger partial charge in [-0.2, -0.15) is 0 Å². The van der Waals surface area contributed by atoms with Gasteiger partial charge in [0.05, 0.1) is 6.61 Å². The van der Waals surface area contributed by atoms with E-state index >= 15 is 0 Å². The van der Waals surface area contributed by atoms with Crippen molar-refractivity contribution in [2.45, 2.75) is 13.3 Å². The van der Waals surface area contributed by atoms with Crippen molar-refractivity contribution in [2.24, 2.45) is 0 Å². The number of aromatic nitrogens is 1. The highest BCUT2D eigenvalue weighted by atomic mass is 16.5. The Hall–Kier alpha value is -1.58. The Balaban J connectivity index is 2.46. The zero-order valence-corrected chi connectivity index (χ0v) is 8.04. The lowest BCUT2D eigenvalue weighted by Gasteiger charge is -2.18. The highest BCUT2D eigenvalue weighted by Crippen LogP contribution is 2.28. The highest BCUT2D eigenvalue weighted by molar-refractivity contribution is 6.04. The van der Waals surface area contributed by atoms with E-state index in [2.05, 4.69) is 10.3 Å². The second kappa shape index (κ2) is 3.65. The fourth-order valence-corrected chi connectivity index (χ4v) is 1.54. The minimum atomic E-state index is 0.107. The van der Waals surface area contributed by atoms with E-state index in [1.54, 1.807) is 12.3 Å². The van der Waals surface area contributed by atoms with Crippen molar-refractivity contribution in [3.63, 3.8) is 0 Å². The first-order valence-electron chi connectivity index (χ1n) is 4.71. The minimum absolute atomic E-state index is 0.107. The summed E-state index contributed by atoms with van der Waals surface area (Å²) in [5.74, 6) is 1.39. The quantitative estimate of drug-likeness (QED) is 0.771. The Morgan fingerprint density at radius 1 is 1.64 bits per heavy atom. The van der Waals surface area contributed by atoms with Gasteiger partial charge in [-0.25, -0.2) is 4.98 Å². The molecule has 0 atom stereocenters. The van der Waals surface area contributed by atoms with Crippen molar-refractivity contribution in [1.82, 2.24) is 4.98 Å². The second-order valence-electron chi connectivity index (χ2n) is 3.07. The monoisotopic (exact) mass is 192 g/mol. The highest BCUT2D eigenvalue weighted by Gasteiger charge is 2.22. The zero-order chi connectivity index (χ0) is 9.97. The number of ketones is 1. The van der Waals surface area contributed by atoms with Crippen LogP contribution in [0.15, 0.2) is 12.3 Å². The third kappa shape index (κ3) is 1.43. The number of carbonyl (C=O) groups is 1. The van der Waals surface area contributed by atoms with Gasteiger partial charge in [-0.1, -0.05) is 0 Å². The molecule has 0 aromatic carbocycles. The van der Waals surface area contributed by atoms with Crippen molar-refractivity contribution in [3.8, 4) is 5.75 Å². The Labute approximate surface area is 82.3 Å². The molecular weight excluding hydrogens is 180 g/mol. The number of hydrogen-bond acceptors (Lipinski definition) is 4. The van der Waals surface area contributed by atoms with Crippen LogP contribution in [0.4, 0.5) is 5.82 Å². The van der Waals surface area contributed by atoms with E-state index in [1.807, 2.05) is 6.92 Å². The molecule has 0 spiro atoms. The van der Waals surface area contributed by atoms with Crippen molar-refractivity contribution in [2.75, 3.05) is 18.5 Å². The molecule has 14 heavy (non-hydrogen) atoms. The van der Waals surface area contributed by atoms with E-state index in [9.17, 15) is 4.79 Å². The van der Waals surface area contributed by atoms with E-state index in [1.165, 1.54) is 0 Å². The standard InChI is InChI=1S/C10H12N2O2/c1-2-14-8-4-6-12-10-9(8)7(13)3-5-11-10/h4,6H,2-3,5H2,1H3,(H,11,12). The second-order valence-corrected chi connectivity index (χ2v) is 3.07. The summed E-state index contributed by atoms with van der Waals surface area (Å²) in [6.07, 6.45) is 2.16. The first-order chi connectivity index (χ1) is 6.83. The molecule has 1 aromatic rings. The van der Waals surface area contributed by atoms with Gasteiger partial charge in [0.2, 0.25) is 0 Å². The van der Waals surface area contributed by atoms with E-state index in [0.717, 1.165) is 0 Å². The number of Topliss-reactive ketones (excluding diaryl/α,β-unsaturated/α-hetero) is 1. The summed E-state index contributed by atoms with van der Waals surface area (Å²) in [7, 11) is 0. The number of pyridine rings is 1. The topological polar surface area (TPSA) is 51.2 Å². The van der Waals surface area contributed by atoms with Crippen LogP contribution in [0.2, 0.25) is 0 Å². The molecule has 0 aliphatic carbocycles. The number of fused-ring (bicyclic) bond motifs is 1. The lowest BCUT2D eigenvalue weighted by atomic mass is 10.1. The van der Waals surface area contributed by atoms with Gasteiger partial charge in [0.1, 0.15) is 17.1 Å². The van der Waals surface area contributed by atoms with Crippen molar-refractivity contribution >= 4 is 11.6 Å². The van der Waals surface area contributed by atoms with Gasteiger partial charge < -0.3 is 10.1 Å². The summed E-state index contributed by atoms with van der Waals surface area (Å²) in [4.78, 5) is 15.7. The van der Waals surface area contributed by atoms with Crippen molar-refractivity contribution < 1.29 is 9.53 Å². The van der Waals surface area contributed by atoms with Gasteiger partial charge >= 0.3 is 0 Å². The third-order valence-corrected chi connectivity index (χ3v) is 2.14. The molecule has 1 aliphatic rings. The van der Waals surface area contributed by atoms with Crippen molar-refractivity contribution in [3.05, 3.63) is 17.8 Å². The Bertz CT molecular complexity index is 363. The molecule has 2 heterocycles. The molecule has 1 aromatic heterocycles. The predicted octanol–water partition coefficient (Wildman–Crippen LogP) is 1.48. The number of rotatable bonds is 2. The van der Waals surface area contributed by atoms with Crippen LogP contribution in [-0.4, -0.2) is 23.9 Å². The van der Waals surface area contributed by atoms with Crippen molar-refractivity contribution in [1.29, 1.82) is 0 Å².